The van der Waals surface area contributed by atoms with E-state index in [4.69, 9.17) is 0 Å². The summed E-state index contributed by atoms with van der Waals surface area (Å²) in [5.41, 5.74) is 2.47. The van der Waals surface area contributed by atoms with Gasteiger partial charge in [0.05, 0.1) is 6.54 Å². The van der Waals surface area contributed by atoms with Crippen molar-refractivity contribution in [1.29, 1.82) is 0 Å². The van der Waals surface area contributed by atoms with E-state index in [1.165, 1.54) is 11.1 Å². The van der Waals surface area contributed by atoms with Crippen LogP contribution in [0.5, 0.6) is 0 Å². The Labute approximate surface area is 174 Å². The molecule has 0 aliphatic carbocycles. The van der Waals surface area contributed by atoms with Gasteiger partial charge in [0.25, 0.3) is 0 Å². The second-order valence-corrected chi connectivity index (χ2v) is 6.77. The molecule has 1 heterocycles. The normalized spacial score (nSPS) is 15.7. The number of amides is 1. The van der Waals surface area contributed by atoms with E-state index >= 15 is 0 Å². The van der Waals surface area contributed by atoms with Crippen LogP contribution in [-0.4, -0.2) is 48.4 Å². The van der Waals surface area contributed by atoms with Crippen molar-refractivity contribution >= 4 is 30.7 Å². The Kier molecular flexibility index (Phi) is 10.4. The Hall–Kier alpha value is -1.59. The first kappa shape index (κ1) is 23.4. The van der Waals surface area contributed by atoms with E-state index in [-0.39, 0.29) is 30.7 Å². The van der Waals surface area contributed by atoms with E-state index < -0.39 is 0 Å². The third kappa shape index (κ3) is 7.15. The van der Waals surface area contributed by atoms with E-state index in [2.05, 4.69) is 34.5 Å². The molecule has 6 heteroatoms. The van der Waals surface area contributed by atoms with Gasteiger partial charge in [0.1, 0.15) is 0 Å². The lowest BCUT2D eigenvalue weighted by atomic mass is 10.1. The third-order valence-corrected chi connectivity index (χ3v) is 4.83. The quantitative estimate of drug-likeness (QED) is 0.761. The molecule has 3 rings (SSSR count). The highest BCUT2D eigenvalue weighted by Gasteiger charge is 2.24. The van der Waals surface area contributed by atoms with Crippen LogP contribution in [0.2, 0.25) is 0 Å². The molecule has 2 aromatic carbocycles. The number of carbonyl (C=O) groups is 1. The number of carbonyl (C=O) groups excluding carboxylic acids is 1. The van der Waals surface area contributed by atoms with Gasteiger partial charge in [-0.1, -0.05) is 60.7 Å². The van der Waals surface area contributed by atoms with E-state index in [0.717, 1.165) is 32.6 Å². The van der Waals surface area contributed by atoms with Crippen molar-refractivity contribution in [1.82, 2.24) is 15.1 Å². The van der Waals surface area contributed by atoms with Crippen molar-refractivity contribution < 1.29 is 4.79 Å². The van der Waals surface area contributed by atoms with E-state index in [1.807, 2.05) is 48.3 Å². The van der Waals surface area contributed by atoms with Crippen LogP contribution in [0.25, 0.3) is 0 Å². The first-order valence-electron chi connectivity index (χ1n) is 8.99. The lowest BCUT2D eigenvalue weighted by Crippen LogP contribution is -2.44. The summed E-state index contributed by atoms with van der Waals surface area (Å²) in [5, 5.41) is 3.33. The predicted molar refractivity (Wildman–Crippen MR) is 116 cm³/mol. The summed E-state index contributed by atoms with van der Waals surface area (Å²) >= 11 is 0. The molecule has 1 atom stereocenters. The molecular formula is C21H29Cl2N3O. The summed E-state index contributed by atoms with van der Waals surface area (Å²) in [7, 11) is 1.93. The molecule has 1 aliphatic rings. The molecule has 2 aromatic rings. The first-order valence-corrected chi connectivity index (χ1v) is 8.99. The zero-order chi connectivity index (χ0) is 17.5. The van der Waals surface area contributed by atoms with E-state index in [1.54, 1.807) is 0 Å². The lowest BCUT2D eigenvalue weighted by molar-refractivity contribution is -0.133. The van der Waals surface area contributed by atoms with Gasteiger partial charge in [-0.15, -0.1) is 24.8 Å². The van der Waals surface area contributed by atoms with Crippen molar-refractivity contribution in [2.24, 2.45) is 0 Å². The maximum Gasteiger partial charge on any atom is 0.236 e. The van der Waals surface area contributed by atoms with Crippen LogP contribution in [0.4, 0.5) is 0 Å². The van der Waals surface area contributed by atoms with Gasteiger partial charge in [0.2, 0.25) is 5.91 Å². The summed E-state index contributed by atoms with van der Waals surface area (Å²) in [6.45, 7) is 3.90. The average Bonchev–Trinajstić information content (AvgIpc) is 3.17. The standard InChI is InChI=1S/C21H27N3O.2ClH/c1-23(20-12-13-22-14-20)21(25)17-24(15-18-8-4-2-5-9-18)16-19-10-6-3-7-11-19;;/h2-11,20,22H,12-17H2,1H3;2*1H. The van der Waals surface area contributed by atoms with Crippen molar-refractivity contribution in [3.63, 3.8) is 0 Å². The molecule has 27 heavy (non-hydrogen) atoms. The Morgan fingerprint density at radius 3 is 1.93 bits per heavy atom. The zero-order valence-corrected chi connectivity index (χ0v) is 17.3. The second-order valence-electron chi connectivity index (χ2n) is 6.77. The minimum Gasteiger partial charge on any atom is -0.340 e. The highest BCUT2D eigenvalue weighted by atomic mass is 35.5. The number of likely N-dealkylation sites (N-methyl/N-ethyl adjacent to an activating group) is 1. The fraction of sp³-hybridized carbons (Fsp3) is 0.381. The first-order chi connectivity index (χ1) is 12.2. The molecule has 0 radical (unpaired) electrons. The number of rotatable bonds is 7. The summed E-state index contributed by atoms with van der Waals surface area (Å²) in [6.07, 6.45) is 1.04. The second kappa shape index (κ2) is 12.0. The fourth-order valence-electron chi connectivity index (χ4n) is 3.33. The topological polar surface area (TPSA) is 35.6 Å². The molecular weight excluding hydrogens is 381 g/mol. The Bertz CT molecular complexity index is 622. The number of nitrogens with zero attached hydrogens (tertiary/aromatic N) is 2. The van der Waals surface area contributed by atoms with E-state index in [0.29, 0.717) is 12.6 Å². The molecule has 1 N–H and O–H groups in total. The van der Waals surface area contributed by atoms with Gasteiger partial charge in [0.15, 0.2) is 0 Å². The third-order valence-electron chi connectivity index (χ3n) is 4.83. The maximum atomic E-state index is 12.8. The Morgan fingerprint density at radius 2 is 1.48 bits per heavy atom. The Morgan fingerprint density at radius 1 is 0.963 bits per heavy atom. The number of hydrogen-bond acceptors (Lipinski definition) is 3. The largest absolute Gasteiger partial charge is 0.340 e. The maximum absolute atomic E-state index is 12.8. The zero-order valence-electron chi connectivity index (χ0n) is 15.7. The molecule has 1 saturated heterocycles. The number of hydrogen-bond donors (Lipinski definition) is 1. The van der Waals surface area contributed by atoms with Crippen LogP contribution in [-0.2, 0) is 17.9 Å². The van der Waals surface area contributed by atoms with Crippen LogP contribution in [0.3, 0.4) is 0 Å². The van der Waals surface area contributed by atoms with Gasteiger partial charge in [-0.25, -0.2) is 0 Å². The molecule has 0 bridgehead atoms. The average molecular weight is 410 g/mol. The predicted octanol–water partition coefficient (Wildman–Crippen LogP) is 3.35. The van der Waals surface area contributed by atoms with Crippen LogP contribution >= 0.6 is 24.8 Å². The van der Waals surface area contributed by atoms with Crippen LogP contribution in [0.1, 0.15) is 17.5 Å². The molecule has 0 saturated carbocycles. The van der Waals surface area contributed by atoms with Crippen molar-refractivity contribution in [2.45, 2.75) is 25.6 Å². The van der Waals surface area contributed by atoms with Crippen molar-refractivity contribution in [2.75, 3.05) is 26.7 Å². The molecule has 1 unspecified atom stereocenters. The van der Waals surface area contributed by atoms with Crippen molar-refractivity contribution in [3.8, 4) is 0 Å². The summed E-state index contributed by atoms with van der Waals surface area (Å²) in [5.74, 6) is 0.195. The molecule has 1 fully saturated rings. The summed E-state index contributed by atoms with van der Waals surface area (Å²) < 4.78 is 0. The minimum atomic E-state index is 0. The van der Waals surface area contributed by atoms with Gasteiger partial charge in [-0.3, -0.25) is 9.69 Å². The van der Waals surface area contributed by atoms with Crippen molar-refractivity contribution in [3.05, 3.63) is 71.8 Å². The highest BCUT2D eigenvalue weighted by Crippen LogP contribution is 2.12. The Balaban J connectivity index is 0.00000182. The number of benzene rings is 2. The highest BCUT2D eigenvalue weighted by molar-refractivity contribution is 5.85. The van der Waals surface area contributed by atoms with Gasteiger partial charge < -0.3 is 10.2 Å². The summed E-state index contributed by atoms with van der Waals surface area (Å²) in [4.78, 5) is 16.9. The number of nitrogens with one attached hydrogen (secondary N) is 1. The molecule has 1 aliphatic heterocycles. The minimum absolute atomic E-state index is 0. The SMILES string of the molecule is CN(C(=O)CN(Cc1ccccc1)Cc1ccccc1)C1CCNC1.Cl.Cl. The van der Waals surface area contributed by atoms with Gasteiger partial charge >= 0.3 is 0 Å². The molecule has 4 nitrogen and oxygen atoms in total. The summed E-state index contributed by atoms with van der Waals surface area (Å²) in [6, 6.07) is 21.0. The molecule has 148 valence electrons. The van der Waals surface area contributed by atoms with Gasteiger partial charge in [0, 0.05) is 32.7 Å². The molecule has 0 spiro atoms. The lowest BCUT2D eigenvalue weighted by Gasteiger charge is -2.28. The van der Waals surface area contributed by atoms with Crippen LogP contribution in [0.15, 0.2) is 60.7 Å². The fourth-order valence-corrected chi connectivity index (χ4v) is 3.33. The molecule has 0 aromatic heterocycles. The van der Waals surface area contributed by atoms with Crippen LogP contribution < -0.4 is 5.32 Å². The smallest absolute Gasteiger partial charge is 0.236 e. The monoisotopic (exact) mass is 409 g/mol. The van der Waals surface area contributed by atoms with Gasteiger partial charge in [-0.05, 0) is 24.1 Å². The van der Waals surface area contributed by atoms with Crippen LogP contribution in [0, 0.1) is 0 Å². The number of halogens is 2. The molecule has 1 amide bonds. The van der Waals surface area contributed by atoms with Gasteiger partial charge in [-0.2, -0.15) is 0 Å². The van der Waals surface area contributed by atoms with E-state index in [9.17, 15) is 4.79 Å².